The molecule has 4 aromatic rings. The molecule has 5 rings (SSSR count). The zero-order valence-electron chi connectivity index (χ0n) is 18.8. The highest BCUT2D eigenvalue weighted by Crippen LogP contribution is 2.33. The van der Waals surface area contributed by atoms with E-state index in [0.717, 1.165) is 30.5 Å². The van der Waals surface area contributed by atoms with Crippen molar-refractivity contribution in [2.75, 3.05) is 6.61 Å². The molecule has 0 bridgehead atoms. The Hall–Kier alpha value is -4.12. The Kier molecular flexibility index (Phi) is 6.25. The maximum Gasteiger partial charge on any atom is 0.341 e. The van der Waals surface area contributed by atoms with E-state index in [1.807, 2.05) is 35.1 Å². The fraction of sp³-hybridized carbons (Fsp3) is 0.172. The van der Waals surface area contributed by atoms with Gasteiger partial charge < -0.3 is 9.84 Å². The summed E-state index contributed by atoms with van der Waals surface area (Å²) >= 11 is 0. The summed E-state index contributed by atoms with van der Waals surface area (Å²) in [6, 6.07) is 26.9. The maximum absolute atomic E-state index is 10.9. The van der Waals surface area contributed by atoms with Crippen molar-refractivity contribution in [3.05, 3.63) is 125 Å². The van der Waals surface area contributed by atoms with Gasteiger partial charge in [-0.3, -0.25) is 4.68 Å². The van der Waals surface area contributed by atoms with Crippen molar-refractivity contribution < 1.29 is 14.6 Å². The normalized spacial score (nSPS) is 12.8. The van der Waals surface area contributed by atoms with Crippen LogP contribution in [0.4, 0.5) is 0 Å². The van der Waals surface area contributed by atoms with E-state index >= 15 is 0 Å². The number of allylic oxidation sites excluding steroid dienone is 1. The molecule has 170 valence electrons. The maximum atomic E-state index is 10.9. The number of carboxylic acid groups (broad SMARTS) is 1. The lowest BCUT2D eigenvalue weighted by atomic mass is 9.87. The monoisotopic (exact) mass is 450 g/mol. The summed E-state index contributed by atoms with van der Waals surface area (Å²) in [4.78, 5) is 10.9. The Labute approximate surface area is 199 Å². The average Bonchev–Trinajstić information content (AvgIpc) is 3.31. The number of hydrogen-bond donors (Lipinski definition) is 1. The second kappa shape index (κ2) is 9.79. The van der Waals surface area contributed by atoms with Gasteiger partial charge in [0.1, 0.15) is 5.75 Å². The molecule has 0 unspecified atom stereocenters. The van der Waals surface area contributed by atoms with Gasteiger partial charge in [-0.05, 0) is 41.2 Å². The molecule has 5 heteroatoms. The quantitative estimate of drug-likeness (QED) is 0.382. The van der Waals surface area contributed by atoms with Crippen LogP contribution in [-0.4, -0.2) is 27.5 Å². The molecule has 1 aromatic heterocycles. The summed E-state index contributed by atoms with van der Waals surface area (Å²) in [5, 5.41) is 13.6. The van der Waals surface area contributed by atoms with Gasteiger partial charge >= 0.3 is 5.97 Å². The third-order valence-electron chi connectivity index (χ3n) is 6.19. The molecule has 5 nitrogen and oxygen atoms in total. The fourth-order valence-corrected chi connectivity index (χ4v) is 4.65. The molecule has 1 N–H and O–H groups in total. The molecule has 0 spiro atoms. The highest BCUT2D eigenvalue weighted by Gasteiger charge is 2.20. The lowest BCUT2D eigenvalue weighted by Gasteiger charge is -2.19. The molecule has 0 saturated heterocycles. The van der Waals surface area contributed by atoms with Crippen molar-refractivity contribution >= 4 is 12.0 Å². The molecular formula is C29H26N2O3. The lowest BCUT2D eigenvalue weighted by Crippen LogP contribution is -2.12. The van der Waals surface area contributed by atoms with Gasteiger partial charge in [-0.2, -0.15) is 5.10 Å². The van der Waals surface area contributed by atoms with Crippen LogP contribution in [-0.2, 0) is 17.8 Å². The Morgan fingerprint density at radius 3 is 2.29 bits per heavy atom. The summed E-state index contributed by atoms with van der Waals surface area (Å²) < 4.78 is 7.50. The van der Waals surface area contributed by atoms with E-state index in [4.69, 9.17) is 14.9 Å². The highest BCUT2D eigenvalue weighted by molar-refractivity contribution is 5.69. The van der Waals surface area contributed by atoms with Gasteiger partial charge in [0.05, 0.1) is 12.7 Å². The summed E-state index contributed by atoms with van der Waals surface area (Å²) in [5.41, 5.74) is 7.10. The smallest absolute Gasteiger partial charge is 0.341 e. The average molecular weight is 451 g/mol. The van der Waals surface area contributed by atoms with E-state index in [1.165, 1.54) is 22.3 Å². The molecule has 3 aromatic carbocycles. The number of hydrogen-bond acceptors (Lipinski definition) is 3. The summed E-state index contributed by atoms with van der Waals surface area (Å²) in [6.45, 7) is 0.392. The van der Waals surface area contributed by atoms with Gasteiger partial charge in [0, 0.05) is 23.2 Å². The number of carbonyl (C=O) groups is 1. The first-order valence-electron chi connectivity index (χ1n) is 11.5. The van der Waals surface area contributed by atoms with Crippen LogP contribution in [0.3, 0.4) is 0 Å². The number of fused-ring (bicyclic) bond motifs is 1. The number of benzene rings is 3. The van der Waals surface area contributed by atoms with E-state index in [1.54, 1.807) is 0 Å². The second-order valence-electron chi connectivity index (χ2n) is 8.53. The van der Waals surface area contributed by atoms with Crippen LogP contribution < -0.4 is 4.74 Å². The van der Waals surface area contributed by atoms with E-state index in [2.05, 4.69) is 66.9 Å². The van der Waals surface area contributed by atoms with Gasteiger partial charge in [0.2, 0.25) is 0 Å². The molecular weight excluding hydrogens is 424 g/mol. The molecule has 1 aliphatic carbocycles. The zero-order valence-corrected chi connectivity index (χ0v) is 18.8. The van der Waals surface area contributed by atoms with Crippen molar-refractivity contribution in [2.45, 2.75) is 25.3 Å². The minimum atomic E-state index is -0.969. The lowest BCUT2D eigenvalue weighted by molar-refractivity contribution is -0.139. The second-order valence-corrected chi connectivity index (χ2v) is 8.53. The molecule has 0 radical (unpaired) electrons. The molecule has 0 atom stereocenters. The van der Waals surface area contributed by atoms with Crippen molar-refractivity contribution in [1.29, 1.82) is 0 Å². The summed E-state index contributed by atoms with van der Waals surface area (Å²) in [7, 11) is 0. The van der Waals surface area contributed by atoms with E-state index in [0.29, 0.717) is 5.75 Å². The standard InChI is InChI=1S/C29H26N2O3/c32-28(33)20-34-27-13-7-12-24-16-21(14-15-26(24)27)18-31-19-25(17-30-31)29(22-8-3-1-4-9-22)23-10-5-2-6-11-23/h1-13,16-17,19,29H,14-15,18,20H2,(H,32,33). The van der Waals surface area contributed by atoms with Crippen molar-refractivity contribution in [3.8, 4) is 5.75 Å². The van der Waals surface area contributed by atoms with Crippen LogP contribution >= 0.6 is 0 Å². The summed E-state index contributed by atoms with van der Waals surface area (Å²) in [5.74, 6) is -0.181. The molecule has 1 heterocycles. The minimum Gasteiger partial charge on any atom is -0.482 e. The number of nitrogens with zero attached hydrogens (tertiary/aromatic N) is 2. The summed E-state index contributed by atoms with van der Waals surface area (Å²) in [6.07, 6.45) is 8.01. The van der Waals surface area contributed by atoms with Gasteiger partial charge in [0.15, 0.2) is 6.61 Å². The third-order valence-corrected chi connectivity index (χ3v) is 6.19. The number of aromatic nitrogens is 2. The van der Waals surface area contributed by atoms with E-state index < -0.39 is 5.97 Å². The van der Waals surface area contributed by atoms with Gasteiger partial charge in [-0.1, -0.05) is 78.9 Å². The number of rotatable bonds is 8. The van der Waals surface area contributed by atoms with Crippen molar-refractivity contribution in [2.24, 2.45) is 0 Å². The molecule has 0 aliphatic heterocycles. The van der Waals surface area contributed by atoms with Gasteiger partial charge in [-0.15, -0.1) is 0 Å². The van der Waals surface area contributed by atoms with Gasteiger partial charge in [0.25, 0.3) is 0 Å². The minimum absolute atomic E-state index is 0.131. The number of carboxylic acids is 1. The van der Waals surface area contributed by atoms with Crippen LogP contribution in [0.2, 0.25) is 0 Å². The third kappa shape index (κ3) is 4.79. The van der Waals surface area contributed by atoms with Crippen molar-refractivity contribution in [3.63, 3.8) is 0 Å². The first-order valence-corrected chi connectivity index (χ1v) is 11.5. The molecule has 0 saturated carbocycles. The van der Waals surface area contributed by atoms with E-state index in [9.17, 15) is 4.79 Å². The number of aliphatic carboxylic acids is 1. The Morgan fingerprint density at radius 1 is 0.912 bits per heavy atom. The molecule has 0 amide bonds. The first-order chi connectivity index (χ1) is 16.7. The topological polar surface area (TPSA) is 64.3 Å². The first kappa shape index (κ1) is 21.7. The Morgan fingerprint density at radius 2 is 1.62 bits per heavy atom. The van der Waals surface area contributed by atoms with Crippen LogP contribution in [0.15, 0.2) is 96.8 Å². The fourth-order valence-electron chi connectivity index (χ4n) is 4.65. The van der Waals surface area contributed by atoms with Crippen molar-refractivity contribution in [1.82, 2.24) is 9.78 Å². The predicted octanol–water partition coefficient (Wildman–Crippen LogP) is 5.56. The molecule has 0 fully saturated rings. The van der Waals surface area contributed by atoms with E-state index in [-0.39, 0.29) is 12.5 Å². The predicted molar refractivity (Wildman–Crippen MR) is 132 cm³/mol. The largest absolute Gasteiger partial charge is 0.482 e. The Balaban J connectivity index is 1.38. The number of ether oxygens (including phenoxy) is 1. The van der Waals surface area contributed by atoms with Crippen LogP contribution in [0.25, 0.3) is 6.08 Å². The SMILES string of the molecule is O=C(O)COc1cccc2c1CCC(Cn1cc(C(c3ccccc3)c3ccccc3)cn1)=C2. The zero-order chi connectivity index (χ0) is 23.3. The van der Waals surface area contributed by atoms with Crippen LogP contribution in [0.1, 0.15) is 40.2 Å². The molecule has 1 aliphatic rings. The van der Waals surface area contributed by atoms with Gasteiger partial charge in [-0.25, -0.2) is 4.79 Å². The Bertz CT molecular complexity index is 1270. The van der Waals surface area contributed by atoms with Crippen LogP contribution in [0.5, 0.6) is 5.75 Å². The van der Waals surface area contributed by atoms with Crippen LogP contribution in [0, 0.1) is 0 Å². The highest BCUT2D eigenvalue weighted by atomic mass is 16.5. The molecule has 34 heavy (non-hydrogen) atoms.